The summed E-state index contributed by atoms with van der Waals surface area (Å²) in [5.41, 5.74) is 0.788. The Morgan fingerprint density at radius 2 is 1.97 bits per heavy atom. The molecule has 2 aromatic rings. The molecule has 8 nitrogen and oxygen atoms in total. The highest BCUT2D eigenvalue weighted by molar-refractivity contribution is 6.08. The molecule has 0 saturated carbocycles. The van der Waals surface area contributed by atoms with E-state index in [4.69, 9.17) is 0 Å². The van der Waals surface area contributed by atoms with E-state index >= 15 is 0 Å². The number of aliphatic hydroxyl groups is 2. The van der Waals surface area contributed by atoms with Gasteiger partial charge in [-0.25, -0.2) is 0 Å². The summed E-state index contributed by atoms with van der Waals surface area (Å²) in [6.07, 6.45) is 6.27. The number of benzene rings is 2. The Kier molecular flexibility index (Phi) is 8.44. The molecule has 0 aliphatic carbocycles. The van der Waals surface area contributed by atoms with Gasteiger partial charge in [-0.05, 0) is 30.2 Å². The largest absolute Gasteiger partial charge is 0.395 e. The second-order valence-corrected chi connectivity index (χ2v) is 9.77. The van der Waals surface area contributed by atoms with Crippen molar-refractivity contribution in [1.29, 1.82) is 0 Å². The highest BCUT2D eigenvalue weighted by atomic mass is 16.3. The van der Waals surface area contributed by atoms with Gasteiger partial charge in [0.1, 0.15) is 0 Å². The van der Waals surface area contributed by atoms with Crippen LogP contribution in [0.1, 0.15) is 37.3 Å². The fraction of sp³-hybridized carbons (Fsp3) is 0.367. The molecule has 1 saturated heterocycles. The molecule has 38 heavy (non-hydrogen) atoms. The summed E-state index contributed by atoms with van der Waals surface area (Å²) < 4.78 is 0. The minimum absolute atomic E-state index is 0.0233. The number of carbonyl (C=O) groups excluding carboxylic acids is 3. The van der Waals surface area contributed by atoms with Crippen LogP contribution in [-0.2, 0) is 26.5 Å². The number of anilines is 2. The lowest BCUT2D eigenvalue weighted by Gasteiger charge is -2.28. The number of aliphatic hydroxyl groups excluding tert-OH is 1. The van der Waals surface area contributed by atoms with Gasteiger partial charge in [0.25, 0.3) is 5.91 Å². The number of carbonyl (C=O) groups is 3. The molecule has 0 unspecified atom stereocenters. The van der Waals surface area contributed by atoms with Crippen LogP contribution >= 0.6 is 0 Å². The lowest BCUT2D eigenvalue weighted by atomic mass is 9.82. The maximum atomic E-state index is 13.5. The first kappa shape index (κ1) is 27.3. The van der Waals surface area contributed by atoms with Crippen LogP contribution in [0.5, 0.6) is 0 Å². The molecule has 200 valence electrons. The molecular weight excluding hydrogens is 482 g/mol. The van der Waals surface area contributed by atoms with Crippen LogP contribution in [0.2, 0.25) is 0 Å². The third-order valence-corrected chi connectivity index (χ3v) is 7.26. The maximum absolute atomic E-state index is 13.5. The number of nitrogens with zero attached hydrogens (tertiary/aromatic N) is 3. The summed E-state index contributed by atoms with van der Waals surface area (Å²) in [7, 11) is 0. The van der Waals surface area contributed by atoms with E-state index in [2.05, 4.69) is 6.58 Å². The van der Waals surface area contributed by atoms with E-state index in [0.29, 0.717) is 36.4 Å². The van der Waals surface area contributed by atoms with Crippen molar-refractivity contribution in [2.75, 3.05) is 36.0 Å². The molecule has 2 atom stereocenters. The molecule has 3 amide bonds. The zero-order valence-corrected chi connectivity index (χ0v) is 21.8. The van der Waals surface area contributed by atoms with E-state index in [9.17, 15) is 24.6 Å². The Balaban J connectivity index is 1.55. The summed E-state index contributed by atoms with van der Waals surface area (Å²) in [6, 6.07) is 14.9. The summed E-state index contributed by atoms with van der Waals surface area (Å²) in [5, 5.41) is 21.3. The van der Waals surface area contributed by atoms with Gasteiger partial charge in [-0.1, -0.05) is 55.5 Å². The summed E-state index contributed by atoms with van der Waals surface area (Å²) in [5.74, 6) is -1.26. The predicted octanol–water partition coefficient (Wildman–Crippen LogP) is 3.14. The third-order valence-electron chi connectivity index (χ3n) is 7.26. The number of fused-ring (bicyclic) bond motifs is 1. The lowest BCUT2D eigenvalue weighted by Crippen LogP contribution is -2.44. The second kappa shape index (κ2) is 11.8. The molecular formula is C30H35N3O5. The van der Waals surface area contributed by atoms with E-state index in [1.165, 1.54) is 4.90 Å². The molecule has 2 aliphatic rings. The van der Waals surface area contributed by atoms with Crippen molar-refractivity contribution in [3.63, 3.8) is 0 Å². The van der Waals surface area contributed by atoms with Gasteiger partial charge in [0, 0.05) is 56.2 Å². The summed E-state index contributed by atoms with van der Waals surface area (Å²) in [6.45, 7) is 6.77. The number of rotatable bonds is 11. The highest BCUT2D eigenvalue weighted by Gasteiger charge is 2.52. The average Bonchev–Trinajstić information content (AvgIpc) is 3.44. The zero-order chi connectivity index (χ0) is 27.3. The quantitative estimate of drug-likeness (QED) is 0.446. The van der Waals surface area contributed by atoms with Crippen LogP contribution in [0.4, 0.5) is 11.4 Å². The Morgan fingerprint density at radius 3 is 2.63 bits per heavy atom. The first-order valence-electron chi connectivity index (χ1n) is 13.0. The molecule has 0 bridgehead atoms. The number of hydrogen-bond donors (Lipinski definition) is 2. The van der Waals surface area contributed by atoms with E-state index in [0.717, 1.165) is 12.0 Å². The van der Waals surface area contributed by atoms with Crippen molar-refractivity contribution in [1.82, 2.24) is 4.90 Å². The fourth-order valence-corrected chi connectivity index (χ4v) is 5.19. The van der Waals surface area contributed by atoms with Crippen LogP contribution in [0.25, 0.3) is 0 Å². The number of amides is 3. The molecule has 2 N–H and O–H groups in total. The van der Waals surface area contributed by atoms with Crippen LogP contribution in [0.15, 0.2) is 73.3 Å². The SMILES string of the molecule is C=CCN1C(=O)[C@](O)([C@H](C)/C=C/CC(=O)N(CCO)Cc2ccccc2)c2cc(N3CCCC3=O)ccc21. The normalized spacial score (nSPS) is 19.8. The third kappa shape index (κ3) is 5.28. The van der Waals surface area contributed by atoms with Crippen molar-refractivity contribution in [3.8, 4) is 0 Å². The lowest BCUT2D eigenvalue weighted by molar-refractivity contribution is -0.139. The standard InChI is InChI=1S/C30H35N3O5/c1-3-16-33-26-15-14-24(32-17-8-13-28(32)36)20-25(26)30(38,29(33)37)22(2)9-7-12-27(35)31(18-19-34)21-23-10-5-4-6-11-23/h3-7,9-11,14-15,20,22,34,38H,1,8,12-13,16-19,21H2,2H3/b9-7+/t22-,30+/m1/s1. The Hall–Kier alpha value is -3.75. The van der Waals surface area contributed by atoms with E-state index < -0.39 is 17.4 Å². The monoisotopic (exact) mass is 517 g/mol. The molecule has 0 radical (unpaired) electrons. The zero-order valence-electron chi connectivity index (χ0n) is 21.8. The highest BCUT2D eigenvalue weighted by Crippen LogP contribution is 2.46. The van der Waals surface area contributed by atoms with Crippen molar-refractivity contribution >= 4 is 29.1 Å². The van der Waals surface area contributed by atoms with E-state index in [1.54, 1.807) is 53.2 Å². The van der Waals surface area contributed by atoms with Crippen LogP contribution in [0.3, 0.4) is 0 Å². The van der Waals surface area contributed by atoms with Gasteiger partial charge in [0.15, 0.2) is 5.60 Å². The summed E-state index contributed by atoms with van der Waals surface area (Å²) >= 11 is 0. The first-order chi connectivity index (χ1) is 18.3. The second-order valence-electron chi connectivity index (χ2n) is 9.77. The molecule has 2 aromatic carbocycles. The van der Waals surface area contributed by atoms with Crippen molar-refractivity contribution < 1.29 is 24.6 Å². The van der Waals surface area contributed by atoms with Crippen molar-refractivity contribution in [3.05, 3.63) is 84.5 Å². The Morgan fingerprint density at radius 1 is 1.21 bits per heavy atom. The molecule has 2 aliphatic heterocycles. The van der Waals surface area contributed by atoms with Crippen molar-refractivity contribution in [2.24, 2.45) is 5.92 Å². The Bertz CT molecular complexity index is 1230. The van der Waals surface area contributed by atoms with Crippen LogP contribution < -0.4 is 9.80 Å². The molecule has 0 spiro atoms. The van der Waals surface area contributed by atoms with Gasteiger partial charge in [0.2, 0.25) is 11.8 Å². The molecule has 4 rings (SSSR count). The minimum atomic E-state index is -1.86. The molecule has 8 heteroatoms. The van der Waals surface area contributed by atoms with Gasteiger partial charge >= 0.3 is 0 Å². The fourth-order valence-electron chi connectivity index (χ4n) is 5.19. The van der Waals surface area contributed by atoms with Gasteiger partial charge in [0.05, 0.1) is 12.3 Å². The maximum Gasteiger partial charge on any atom is 0.264 e. The number of hydrogen-bond acceptors (Lipinski definition) is 5. The van der Waals surface area contributed by atoms with Crippen molar-refractivity contribution in [2.45, 2.75) is 38.3 Å². The Labute approximate surface area is 223 Å². The average molecular weight is 518 g/mol. The van der Waals surface area contributed by atoms with Crippen LogP contribution in [-0.4, -0.2) is 59.1 Å². The minimum Gasteiger partial charge on any atom is -0.395 e. The van der Waals surface area contributed by atoms with Crippen LogP contribution in [0, 0.1) is 5.92 Å². The molecule has 2 heterocycles. The molecule has 0 aromatic heterocycles. The first-order valence-corrected chi connectivity index (χ1v) is 13.0. The van der Waals surface area contributed by atoms with E-state index in [-0.39, 0.29) is 37.9 Å². The van der Waals surface area contributed by atoms with E-state index in [1.807, 2.05) is 30.3 Å². The van der Waals surface area contributed by atoms with Gasteiger partial charge in [-0.2, -0.15) is 0 Å². The van der Waals surface area contributed by atoms with Gasteiger partial charge < -0.3 is 24.9 Å². The smallest absolute Gasteiger partial charge is 0.264 e. The summed E-state index contributed by atoms with van der Waals surface area (Å²) in [4.78, 5) is 43.5. The van der Waals surface area contributed by atoms with Gasteiger partial charge in [-0.15, -0.1) is 6.58 Å². The van der Waals surface area contributed by atoms with Gasteiger partial charge in [-0.3, -0.25) is 14.4 Å². The molecule has 1 fully saturated rings. The predicted molar refractivity (Wildman–Crippen MR) is 146 cm³/mol. The topological polar surface area (TPSA) is 101 Å².